The molecule has 1 aliphatic heterocycles. The van der Waals surface area contributed by atoms with Crippen molar-refractivity contribution in [3.8, 4) is 5.75 Å². The predicted octanol–water partition coefficient (Wildman–Crippen LogP) is 4.87. The van der Waals surface area contributed by atoms with Gasteiger partial charge in [-0.1, -0.05) is 19.8 Å². The summed E-state index contributed by atoms with van der Waals surface area (Å²) in [6.45, 7) is 2.94. The van der Waals surface area contributed by atoms with Gasteiger partial charge in [0.15, 0.2) is 0 Å². The second-order valence-corrected chi connectivity index (χ2v) is 7.88. The molecule has 3 heterocycles. The number of likely N-dealkylation sites (tertiary alicyclic amines) is 1. The Hall–Kier alpha value is -3.87. The van der Waals surface area contributed by atoms with Crippen LogP contribution in [0.5, 0.6) is 5.75 Å². The lowest BCUT2D eigenvalue weighted by Gasteiger charge is -2.23. The number of ether oxygens (including phenoxy) is 1. The van der Waals surface area contributed by atoms with E-state index in [0.29, 0.717) is 23.7 Å². The number of Topliss-reactive ketones (excluding diaryl/α,β-unsaturated/α-hetero) is 1. The van der Waals surface area contributed by atoms with E-state index in [9.17, 15) is 14.7 Å². The fraction of sp³-hybridized carbons (Fsp3) is 0.269. The van der Waals surface area contributed by atoms with Crippen LogP contribution in [0, 0.1) is 0 Å². The molecule has 1 fully saturated rings. The zero-order chi connectivity index (χ0) is 23.2. The van der Waals surface area contributed by atoms with Crippen LogP contribution in [0.2, 0.25) is 0 Å². The second kappa shape index (κ2) is 10.2. The predicted molar refractivity (Wildman–Crippen MR) is 122 cm³/mol. The Kier molecular flexibility index (Phi) is 6.88. The maximum atomic E-state index is 13.0. The van der Waals surface area contributed by atoms with Crippen LogP contribution in [-0.4, -0.2) is 33.3 Å². The van der Waals surface area contributed by atoms with Crippen LogP contribution >= 0.6 is 0 Å². The van der Waals surface area contributed by atoms with Gasteiger partial charge >= 0.3 is 0 Å². The minimum atomic E-state index is -0.835. The summed E-state index contributed by atoms with van der Waals surface area (Å²) in [6, 6.07) is 12.9. The molecule has 1 saturated heterocycles. The largest absolute Gasteiger partial charge is 0.507 e. The fourth-order valence-electron chi connectivity index (χ4n) is 3.88. The number of nitrogens with zero attached hydrogens (tertiary/aromatic N) is 2. The maximum Gasteiger partial charge on any atom is 0.296 e. The number of pyridine rings is 1. The normalized spacial score (nSPS) is 17.5. The molecule has 1 amide bonds. The topological polar surface area (TPSA) is 92.9 Å². The highest BCUT2D eigenvalue weighted by molar-refractivity contribution is 6.46. The lowest BCUT2D eigenvalue weighted by molar-refractivity contribution is -0.140. The number of unbranched alkanes of at least 4 members (excludes halogenated alkanes) is 2. The van der Waals surface area contributed by atoms with Crippen LogP contribution < -0.4 is 4.74 Å². The first-order valence-electron chi connectivity index (χ1n) is 11.0. The molecule has 1 N–H and O–H groups in total. The van der Waals surface area contributed by atoms with Gasteiger partial charge in [0.2, 0.25) is 0 Å². The van der Waals surface area contributed by atoms with Gasteiger partial charge in [0, 0.05) is 24.5 Å². The number of carbonyl (C=O) groups excluding carboxylic acids is 2. The van der Waals surface area contributed by atoms with Crippen LogP contribution in [0.15, 0.2) is 77.2 Å². The summed E-state index contributed by atoms with van der Waals surface area (Å²) in [5.74, 6) is -0.595. The minimum Gasteiger partial charge on any atom is -0.507 e. The van der Waals surface area contributed by atoms with Crippen molar-refractivity contribution in [2.45, 2.75) is 38.8 Å². The highest BCUT2D eigenvalue weighted by Gasteiger charge is 2.47. The number of furan rings is 1. The Morgan fingerprint density at radius 3 is 2.52 bits per heavy atom. The molecule has 1 aliphatic rings. The highest BCUT2D eigenvalue weighted by atomic mass is 16.5. The monoisotopic (exact) mass is 446 g/mol. The number of ketones is 1. The molecule has 0 aliphatic carbocycles. The van der Waals surface area contributed by atoms with E-state index in [1.54, 1.807) is 60.9 Å². The first-order valence-corrected chi connectivity index (χ1v) is 11.0. The quantitative estimate of drug-likeness (QED) is 0.218. The molecule has 7 nitrogen and oxygen atoms in total. The molecule has 7 heteroatoms. The SMILES string of the molecule is CCCCCOc1ccc(/C(O)=C2/C(=O)C(=O)N(Cc3ccncc3)C2c2ccco2)cc1. The van der Waals surface area contributed by atoms with Gasteiger partial charge in [-0.3, -0.25) is 14.6 Å². The molecule has 170 valence electrons. The van der Waals surface area contributed by atoms with Gasteiger partial charge < -0.3 is 19.2 Å². The van der Waals surface area contributed by atoms with Gasteiger partial charge in [0.25, 0.3) is 11.7 Å². The highest BCUT2D eigenvalue weighted by Crippen LogP contribution is 2.40. The number of benzene rings is 1. The number of hydrogen-bond donors (Lipinski definition) is 1. The summed E-state index contributed by atoms with van der Waals surface area (Å²) >= 11 is 0. The van der Waals surface area contributed by atoms with Crippen LogP contribution in [0.4, 0.5) is 0 Å². The number of rotatable bonds is 9. The van der Waals surface area contributed by atoms with Crippen molar-refractivity contribution in [3.63, 3.8) is 0 Å². The molecular formula is C26H26N2O5. The summed E-state index contributed by atoms with van der Waals surface area (Å²) in [4.78, 5) is 31.4. The van der Waals surface area contributed by atoms with Crippen molar-refractivity contribution in [3.05, 3.63) is 89.6 Å². The van der Waals surface area contributed by atoms with Crippen molar-refractivity contribution >= 4 is 17.4 Å². The van der Waals surface area contributed by atoms with Crippen LogP contribution in [0.3, 0.4) is 0 Å². The van der Waals surface area contributed by atoms with Crippen molar-refractivity contribution in [2.75, 3.05) is 6.61 Å². The van der Waals surface area contributed by atoms with Gasteiger partial charge in [0.05, 0.1) is 18.4 Å². The molecule has 2 aromatic heterocycles. The average molecular weight is 447 g/mol. The van der Waals surface area contributed by atoms with E-state index >= 15 is 0 Å². The summed E-state index contributed by atoms with van der Waals surface area (Å²) < 4.78 is 11.3. The second-order valence-electron chi connectivity index (χ2n) is 7.88. The van der Waals surface area contributed by atoms with Crippen LogP contribution in [0.25, 0.3) is 5.76 Å². The van der Waals surface area contributed by atoms with Crippen LogP contribution in [-0.2, 0) is 16.1 Å². The average Bonchev–Trinajstić information content (AvgIpc) is 3.45. The first kappa shape index (κ1) is 22.3. The Labute approximate surface area is 192 Å². The fourth-order valence-corrected chi connectivity index (χ4v) is 3.88. The van der Waals surface area contributed by atoms with Gasteiger partial charge in [0.1, 0.15) is 23.3 Å². The number of carbonyl (C=O) groups is 2. The number of amides is 1. The molecule has 4 rings (SSSR count). The maximum absolute atomic E-state index is 13.0. The van der Waals surface area contributed by atoms with Crippen LogP contribution in [0.1, 0.15) is 49.1 Å². The molecule has 3 aromatic rings. The zero-order valence-corrected chi connectivity index (χ0v) is 18.4. The Bertz CT molecular complexity index is 1120. The molecule has 0 radical (unpaired) electrons. The Morgan fingerprint density at radius 1 is 1.09 bits per heavy atom. The molecule has 0 bridgehead atoms. The third kappa shape index (κ3) is 4.82. The minimum absolute atomic E-state index is 0.000574. The molecule has 33 heavy (non-hydrogen) atoms. The van der Waals surface area contributed by atoms with E-state index < -0.39 is 17.7 Å². The molecule has 1 unspecified atom stereocenters. The molecule has 1 aromatic carbocycles. The summed E-state index contributed by atoms with van der Waals surface area (Å²) in [5.41, 5.74) is 1.24. The van der Waals surface area contributed by atoms with Gasteiger partial charge in [-0.05, 0) is 60.5 Å². The smallest absolute Gasteiger partial charge is 0.296 e. The first-order chi connectivity index (χ1) is 16.1. The zero-order valence-electron chi connectivity index (χ0n) is 18.4. The van der Waals surface area contributed by atoms with Gasteiger partial charge in [-0.25, -0.2) is 0 Å². The summed E-state index contributed by atoms with van der Waals surface area (Å²) in [6.07, 6.45) is 7.92. The van der Waals surface area contributed by atoms with Gasteiger partial charge in [-0.2, -0.15) is 0 Å². The third-order valence-electron chi connectivity index (χ3n) is 5.60. The van der Waals surface area contributed by atoms with Crippen molar-refractivity contribution in [1.29, 1.82) is 0 Å². The van der Waals surface area contributed by atoms with Crippen molar-refractivity contribution < 1.29 is 23.8 Å². The number of aromatic nitrogens is 1. The Morgan fingerprint density at radius 2 is 1.85 bits per heavy atom. The summed E-state index contributed by atoms with van der Waals surface area (Å²) in [7, 11) is 0. The van der Waals surface area contributed by atoms with Gasteiger partial charge in [-0.15, -0.1) is 0 Å². The molecule has 0 spiro atoms. The standard InChI is InChI=1S/C26H26N2O5/c1-2-3-4-15-32-20-9-7-19(8-10-20)24(29)22-23(21-6-5-16-33-21)28(26(31)25(22)30)17-18-11-13-27-14-12-18/h5-14,16,23,29H,2-4,15,17H2,1H3/b24-22-. The molecular weight excluding hydrogens is 420 g/mol. The van der Waals surface area contributed by atoms with E-state index in [1.165, 1.54) is 11.2 Å². The number of aliphatic hydroxyl groups excluding tert-OH is 1. The Balaban J connectivity index is 1.65. The third-order valence-corrected chi connectivity index (χ3v) is 5.60. The molecule has 0 saturated carbocycles. The van der Waals surface area contributed by atoms with Crippen molar-refractivity contribution in [1.82, 2.24) is 9.88 Å². The van der Waals surface area contributed by atoms with E-state index in [0.717, 1.165) is 24.8 Å². The lowest BCUT2D eigenvalue weighted by Crippen LogP contribution is -2.29. The lowest BCUT2D eigenvalue weighted by atomic mass is 9.99. The van der Waals surface area contributed by atoms with E-state index in [4.69, 9.17) is 9.15 Å². The summed E-state index contributed by atoms with van der Waals surface area (Å²) in [5, 5.41) is 11.1. The number of aliphatic hydroxyl groups is 1. The van der Waals surface area contributed by atoms with E-state index in [-0.39, 0.29) is 17.9 Å². The van der Waals surface area contributed by atoms with E-state index in [1.807, 2.05) is 0 Å². The number of hydrogen-bond acceptors (Lipinski definition) is 6. The molecule has 1 atom stereocenters. The van der Waals surface area contributed by atoms with E-state index in [2.05, 4.69) is 11.9 Å². The van der Waals surface area contributed by atoms with Crippen molar-refractivity contribution in [2.24, 2.45) is 0 Å².